The predicted octanol–water partition coefficient (Wildman–Crippen LogP) is 4.66. The van der Waals surface area contributed by atoms with Crippen molar-refractivity contribution in [1.82, 2.24) is 25.1 Å². The molecular formula is C32H35ClFN9O3. The number of fused-ring (bicyclic) bond motifs is 2. The van der Waals surface area contributed by atoms with Crippen LogP contribution in [0.4, 0.5) is 33.2 Å². The van der Waals surface area contributed by atoms with Crippen molar-refractivity contribution in [3.05, 3.63) is 58.6 Å². The molecule has 1 saturated heterocycles. The van der Waals surface area contributed by atoms with Gasteiger partial charge in [0, 0.05) is 55.7 Å². The monoisotopic (exact) mass is 647 g/mol. The molecule has 4 heterocycles. The number of nitrogens with zero attached hydrogens (tertiary/aromatic N) is 6. The summed E-state index contributed by atoms with van der Waals surface area (Å²) in [5, 5.41) is 14.3. The second kappa shape index (κ2) is 12.9. The lowest BCUT2D eigenvalue weighted by Crippen LogP contribution is -2.40. The Kier molecular flexibility index (Phi) is 8.76. The smallest absolute Gasteiger partial charge is 0.238 e. The van der Waals surface area contributed by atoms with E-state index < -0.39 is 11.9 Å². The first-order valence-corrected chi connectivity index (χ1v) is 15.7. The van der Waals surface area contributed by atoms with Gasteiger partial charge in [-0.05, 0) is 61.2 Å². The van der Waals surface area contributed by atoms with Crippen LogP contribution >= 0.6 is 11.6 Å². The third-order valence-corrected chi connectivity index (χ3v) is 9.01. The van der Waals surface area contributed by atoms with Crippen LogP contribution in [-0.4, -0.2) is 64.2 Å². The van der Waals surface area contributed by atoms with Crippen LogP contribution in [-0.2, 0) is 27.9 Å². The van der Waals surface area contributed by atoms with E-state index in [1.807, 2.05) is 49.2 Å². The standard InChI is InChI=1S/C32H35ClFN9O3/c1-4-5-23(31(46)35-17-44)28-22-8-6-21(16-25(22)42(3)40-28)36-19-10-12-43(13-11-19)32-38-29(34)27(33)30(39-32)37-20-7-9-24-18(14-20)15-26(45)41(24)2/h6-9,14,16-17,19,23,36H,4-5,10-13,15H2,1-3H3,(H,35,44,46)(H,37,38,39). The Balaban J connectivity index is 1.12. The number of piperidine rings is 1. The minimum absolute atomic E-state index is 0.0172. The van der Waals surface area contributed by atoms with Crippen LogP contribution in [0.15, 0.2) is 36.4 Å². The number of aromatic nitrogens is 4. The van der Waals surface area contributed by atoms with Crippen molar-refractivity contribution in [2.24, 2.45) is 7.05 Å². The summed E-state index contributed by atoms with van der Waals surface area (Å²) in [5.41, 5.74) is 4.83. The minimum atomic E-state index is -0.806. The highest BCUT2D eigenvalue weighted by Gasteiger charge is 2.28. The number of imide groups is 1. The molecule has 2 aliphatic rings. The Morgan fingerprint density at radius 3 is 2.63 bits per heavy atom. The lowest BCUT2D eigenvalue weighted by molar-refractivity contribution is -0.126. The van der Waals surface area contributed by atoms with Gasteiger partial charge in [0.25, 0.3) is 0 Å². The molecule has 46 heavy (non-hydrogen) atoms. The van der Waals surface area contributed by atoms with Crippen molar-refractivity contribution >= 4 is 69.6 Å². The fourth-order valence-electron chi connectivity index (χ4n) is 6.25. The Bertz CT molecular complexity index is 1820. The van der Waals surface area contributed by atoms with Gasteiger partial charge in [0.15, 0.2) is 5.82 Å². The van der Waals surface area contributed by atoms with E-state index in [4.69, 9.17) is 11.6 Å². The van der Waals surface area contributed by atoms with Crippen LogP contribution in [0.1, 0.15) is 49.8 Å². The predicted molar refractivity (Wildman–Crippen MR) is 175 cm³/mol. The van der Waals surface area contributed by atoms with Crippen LogP contribution in [0, 0.1) is 5.95 Å². The largest absolute Gasteiger partial charge is 0.382 e. The highest BCUT2D eigenvalue weighted by Crippen LogP contribution is 2.34. The summed E-state index contributed by atoms with van der Waals surface area (Å²) >= 11 is 6.25. The molecule has 4 aromatic rings. The lowest BCUT2D eigenvalue weighted by Gasteiger charge is -2.33. The average Bonchev–Trinajstić information content (AvgIpc) is 3.52. The zero-order valence-electron chi connectivity index (χ0n) is 25.8. The number of carbonyl (C=O) groups is 3. The van der Waals surface area contributed by atoms with Gasteiger partial charge >= 0.3 is 0 Å². The Morgan fingerprint density at radius 1 is 1.13 bits per heavy atom. The Morgan fingerprint density at radius 2 is 1.89 bits per heavy atom. The summed E-state index contributed by atoms with van der Waals surface area (Å²) in [6.07, 6.45) is 3.60. The number of aryl methyl sites for hydroxylation is 1. The molecule has 1 fully saturated rings. The molecule has 2 aromatic heterocycles. The van der Waals surface area contributed by atoms with Gasteiger partial charge in [-0.25, -0.2) is 0 Å². The molecule has 0 bridgehead atoms. The van der Waals surface area contributed by atoms with E-state index >= 15 is 0 Å². The molecule has 3 N–H and O–H groups in total. The molecule has 0 saturated carbocycles. The van der Waals surface area contributed by atoms with Crippen molar-refractivity contribution in [1.29, 1.82) is 0 Å². The fraction of sp³-hybridized carbons (Fsp3) is 0.375. The molecule has 0 spiro atoms. The van der Waals surface area contributed by atoms with E-state index in [2.05, 4.69) is 31.0 Å². The van der Waals surface area contributed by atoms with Crippen LogP contribution in [0.3, 0.4) is 0 Å². The van der Waals surface area contributed by atoms with Crippen molar-refractivity contribution in [3.8, 4) is 0 Å². The molecule has 240 valence electrons. The number of halogens is 2. The maximum Gasteiger partial charge on any atom is 0.238 e. The van der Waals surface area contributed by atoms with Crippen LogP contribution in [0.2, 0.25) is 5.02 Å². The normalized spacial score (nSPS) is 15.6. The SMILES string of the molecule is CCCC(C(=O)NC=O)c1nn(C)c2cc(NC3CCN(c4nc(F)c(Cl)c(Nc5ccc6c(c5)CC(=O)N6C)n4)CC3)ccc12. The third-order valence-electron chi connectivity index (χ3n) is 8.67. The van der Waals surface area contributed by atoms with E-state index in [0.29, 0.717) is 43.7 Å². The molecule has 0 radical (unpaired) electrons. The van der Waals surface area contributed by atoms with Crippen molar-refractivity contribution in [2.45, 2.75) is 51.0 Å². The van der Waals surface area contributed by atoms with Crippen LogP contribution in [0.25, 0.3) is 10.9 Å². The number of carbonyl (C=O) groups excluding carboxylic acids is 3. The maximum absolute atomic E-state index is 14.9. The van der Waals surface area contributed by atoms with Crippen molar-refractivity contribution in [2.75, 3.05) is 40.6 Å². The Hall–Kier alpha value is -4.78. The molecule has 14 heteroatoms. The first kappa shape index (κ1) is 31.2. The fourth-order valence-corrected chi connectivity index (χ4v) is 6.38. The third kappa shape index (κ3) is 6.06. The first-order chi connectivity index (χ1) is 22.2. The summed E-state index contributed by atoms with van der Waals surface area (Å²) in [6.45, 7) is 3.20. The number of nitrogens with one attached hydrogen (secondary N) is 3. The number of rotatable bonds is 10. The van der Waals surface area contributed by atoms with Crippen LogP contribution < -0.4 is 25.8 Å². The van der Waals surface area contributed by atoms with Gasteiger partial charge in [0.2, 0.25) is 30.1 Å². The zero-order chi connectivity index (χ0) is 32.5. The molecule has 6 rings (SSSR count). The molecular weight excluding hydrogens is 613 g/mol. The Labute approximate surface area is 270 Å². The van der Waals surface area contributed by atoms with Gasteiger partial charge in [-0.3, -0.25) is 24.4 Å². The molecule has 2 aliphatic heterocycles. The summed E-state index contributed by atoms with van der Waals surface area (Å²) < 4.78 is 16.6. The maximum atomic E-state index is 14.9. The number of hydrogen-bond donors (Lipinski definition) is 3. The number of amides is 3. The molecule has 2 aromatic carbocycles. The topological polar surface area (TPSA) is 137 Å². The van der Waals surface area contributed by atoms with Gasteiger partial charge in [-0.15, -0.1) is 0 Å². The number of benzene rings is 2. The first-order valence-electron chi connectivity index (χ1n) is 15.3. The van der Waals surface area contributed by atoms with Gasteiger partial charge in [-0.1, -0.05) is 24.9 Å². The minimum Gasteiger partial charge on any atom is -0.382 e. The molecule has 1 atom stereocenters. The summed E-state index contributed by atoms with van der Waals surface area (Å²) in [6, 6.07) is 11.6. The number of anilines is 5. The summed E-state index contributed by atoms with van der Waals surface area (Å²) in [4.78, 5) is 47.7. The summed E-state index contributed by atoms with van der Waals surface area (Å²) in [7, 11) is 3.58. The highest BCUT2D eigenvalue weighted by atomic mass is 35.5. The van der Waals surface area contributed by atoms with E-state index in [9.17, 15) is 18.8 Å². The van der Waals surface area contributed by atoms with E-state index in [-0.39, 0.29) is 34.6 Å². The van der Waals surface area contributed by atoms with E-state index in [1.54, 1.807) is 22.7 Å². The molecule has 0 aliphatic carbocycles. The average molecular weight is 648 g/mol. The van der Waals surface area contributed by atoms with Gasteiger partial charge in [-0.2, -0.15) is 19.5 Å². The van der Waals surface area contributed by atoms with E-state index in [0.717, 1.165) is 47.1 Å². The van der Waals surface area contributed by atoms with Gasteiger partial charge in [0.1, 0.15) is 5.02 Å². The van der Waals surface area contributed by atoms with Crippen molar-refractivity contribution in [3.63, 3.8) is 0 Å². The van der Waals surface area contributed by atoms with Crippen LogP contribution in [0.5, 0.6) is 0 Å². The second-order valence-electron chi connectivity index (χ2n) is 11.7. The molecule has 3 amide bonds. The van der Waals surface area contributed by atoms with Gasteiger partial charge < -0.3 is 20.4 Å². The molecule has 1 unspecified atom stereocenters. The number of likely N-dealkylation sites (N-methyl/N-ethyl adjacent to an activating group) is 1. The number of hydrogen-bond acceptors (Lipinski definition) is 9. The van der Waals surface area contributed by atoms with Crippen molar-refractivity contribution < 1.29 is 18.8 Å². The molecule has 12 nitrogen and oxygen atoms in total. The zero-order valence-corrected chi connectivity index (χ0v) is 26.6. The highest BCUT2D eigenvalue weighted by molar-refractivity contribution is 6.33. The van der Waals surface area contributed by atoms with Gasteiger partial charge in [0.05, 0.1) is 23.5 Å². The van der Waals surface area contributed by atoms with E-state index in [1.165, 1.54) is 0 Å². The lowest BCUT2D eigenvalue weighted by atomic mass is 9.96. The second-order valence-corrected chi connectivity index (χ2v) is 12.1. The summed E-state index contributed by atoms with van der Waals surface area (Å²) in [5.74, 6) is -1.24. The quantitative estimate of drug-likeness (QED) is 0.166.